The van der Waals surface area contributed by atoms with Gasteiger partial charge < -0.3 is 5.32 Å². The van der Waals surface area contributed by atoms with E-state index in [2.05, 4.69) is 20.3 Å². The van der Waals surface area contributed by atoms with Crippen LogP contribution < -0.4 is 5.32 Å². The lowest BCUT2D eigenvalue weighted by Crippen LogP contribution is -2.04. The predicted molar refractivity (Wildman–Crippen MR) is 58.8 cm³/mol. The Labute approximate surface area is 96.8 Å². The van der Waals surface area contributed by atoms with Gasteiger partial charge in [-0.05, 0) is 24.1 Å². The van der Waals surface area contributed by atoms with Crippen LogP contribution in [0.15, 0.2) is 24.3 Å². The summed E-state index contributed by atoms with van der Waals surface area (Å²) in [6.45, 7) is 2.04. The first-order chi connectivity index (χ1) is 8.17. The van der Waals surface area contributed by atoms with Gasteiger partial charge >= 0.3 is 12.2 Å². The average Bonchev–Trinajstić information content (AvgIpc) is 2.28. The van der Waals surface area contributed by atoms with Gasteiger partial charge in [-0.25, -0.2) is 0 Å². The van der Waals surface area contributed by atoms with Gasteiger partial charge in [-0.1, -0.05) is 19.1 Å². The molecule has 0 atom stereocenters. The van der Waals surface area contributed by atoms with Crippen LogP contribution in [0.4, 0.5) is 20.4 Å². The molecule has 2 rings (SSSR count). The quantitative estimate of drug-likeness (QED) is 0.889. The van der Waals surface area contributed by atoms with Gasteiger partial charge in [0.15, 0.2) is 0 Å². The topological polar surface area (TPSA) is 50.7 Å². The van der Waals surface area contributed by atoms with E-state index in [9.17, 15) is 8.78 Å². The fourth-order valence-electron chi connectivity index (χ4n) is 1.33. The van der Waals surface area contributed by atoms with Gasteiger partial charge in [-0.2, -0.15) is 23.7 Å². The standard InChI is InChI=1S/C11H10F2N4/c1-2-7-3-5-8(6-4-7)14-11-16-9(12)15-10(13)17-11/h3-6H,2H2,1H3,(H,14,15,16,17). The highest BCUT2D eigenvalue weighted by Crippen LogP contribution is 2.14. The molecule has 0 saturated heterocycles. The van der Waals surface area contributed by atoms with Crippen molar-refractivity contribution in [1.29, 1.82) is 0 Å². The summed E-state index contributed by atoms with van der Waals surface area (Å²) >= 11 is 0. The minimum atomic E-state index is -1.15. The molecule has 17 heavy (non-hydrogen) atoms. The van der Waals surface area contributed by atoms with E-state index in [1.54, 1.807) is 12.1 Å². The molecule has 1 aromatic carbocycles. The van der Waals surface area contributed by atoms with Crippen LogP contribution in [-0.2, 0) is 6.42 Å². The number of aryl methyl sites for hydroxylation is 1. The van der Waals surface area contributed by atoms with E-state index in [-0.39, 0.29) is 5.95 Å². The molecule has 2 aromatic rings. The summed E-state index contributed by atoms with van der Waals surface area (Å²) in [5, 5.41) is 2.69. The summed E-state index contributed by atoms with van der Waals surface area (Å²) in [6.07, 6.45) is -1.37. The molecule has 0 fully saturated rings. The molecule has 0 radical (unpaired) electrons. The Balaban J connectivity index is 2.19. The van der Waals surface area contributed by atoms with Crippen LogP contribution >= 0.6 is 0 Å². The largest absolute Gasteiger partial charge is 0.324 e. The third-order valence-electron chi connectivity index (χ3n) is 2.20. The van der Waals surface area contributed by atoms with Crippen molar-refractivity contribution in [3.8, 4) is 0 Å². The molecule has 1 aromatic heterocycles. The number of nitrogens with one attached hydrogen (secondary N) is 1. The second-order valence-electron chi connectivity index (χ2n) is 3.37. The molecule has 0 saturated carbocycles. The zero-order valence-corrected chi connectivity index (χ0v) is 9.11. The molecule has 88 valence electrons. The SMILES string of the molecule is CCc1ccc(Nc2nc(F)nc(F)n2)cc1. The van der Waals surface area contributed by atoms with E-state index >= 15 is 0 Å². The number of anilines is 2. The lowest BCUT2D eigenvalue weighted by molar-refractivity contribution is 0.458. The van der Waals surface area contributed by atoms with Crippen LogP contribution in [0.1, 0.15) is 12.5 Å². The van der Waals surface area contributed by atoms with Gasteiger partial charge in [-0.3, -0.25) is 0 Å². The molecular formula is C11H10F2N4. The molecule has 0 aliphatic carbocycles. The summed E-state index contributed by atoms with van der Waals surface area (Å²) in [5.74, 6) is -0.153. The highest BCUT2D eigenvalue weighted by atomic mass is 19.1. The van der Waals surface area contributed by atoms with Gasteiger partial charge in [0.2, 0.25) is 5.95 Å². The number of aromatic nitrogens is 3. The van der Waals surface area contributed by atoms with Crippen molar-refractivity contribution >= 4 is 11.6 Å². The molecule has 0 unspecified atom stereocenters. The molecular weight excluding hydrogens is 226 g/mol. The van der Waals surface area contributed by atoms with E-state index in [0.29, 0.717) is 5.69 Å². The highest BCUT2D eigenvalue weighted by molar-refractivity contribution is 5.53. The van der Waals surface area contributed by atoms with E-state index < -0.39 is 12.2 Å². The Morgan fingerprint density at radius 2 is 1.59 bits per heavy atom. The van der Waals surface area contributed by atoms with Crippen molar-refractivity contribution < 1.29 is 8.78 Å². The lowest BCUT2D eigenvalue weighted by Gasteiger charge is -2.04. The van der Waals surface area contributed by atoms with Crippen molar-refractivity contribution in [2.45, 2.75) is 13.3 Å². The Morgan fingerprint density at radius 3 is 2.12 bits per heavy atom. The molecule has 0 bridgehead atoms. The molecule has 0 spiro atoms. The number of rotatable bonds is 3. The smallest absolute Gasteiger partial charge is 0.315 e. The maximum Gasteiger partial charge on any atom is 0.315 e. The Morgan fingerprint density at radius 1 is 1.00 bits per heavy atom. The summed E-state index contributed by atoms with van der Waals surface area (Å²) in [7, 11) is 0. The number of hydrogen-bond donors (Lipinski definition) is 1. The first kappa shape index (κ1) is 11.4. The van der Waals surface area contributed by atoms with Crippen LogP contribution in [0.5, 0.6) is 0 Å². The summed E-state index contributed by atoms with van der Waals surface area (Å²) in [6, 6.07) is 7.41. The fraction of sp³-hybridized carbons (Fsp3) is 0.182. The maximum absolute atomic E-state index is 12.7. The number of benzene rings is 1. The molecule has 6 heteroatoms. The Hall–Kier alpha value is -2.11. The number of nitrogens with zero attached hydrogens (tertiary/aromatic N) is 3. The number of hydrogen-bond acceptors (Lipinski definition) is 4. The third-order valence-corrected chi connectivity index (χ3v) is 2.20. The van der Waals surface area contributed by atoms with Crippen molar-refractivity contribution in [2.24, 2.45) is 0 Å². The van der Waals surface area contributed by atoms with Crippen LogP contribution in [0.25, 0.3) is 0 Å². The Kier molecular flexibility index (Phi) is 3.22. The molecule has 4 nitrogen and oxygen atoms in total. The zero-order chi connectivity index (χ0) is 12.3. The van der Waals surface area contributed by atoms with Gasteiger partial charge in [0.05, 0.1) is 0 Å². The van der Waals surface area contributed by atoms with E-state index in [1.165, 1.54) is 5.56 Å². The minimum absolute atomic E-state index is 0.153. The summed E-state index contributed by atoms with van der Waals surface area (Å²) < 4.78 is 25.4. The first-order valence-corrected chi connectivity index (χ1v) is 5.10. The fourth-order valence-corrected chi connectivity index (χ4v) is 1.33. The second-order valence-corrected chi connectivity index (χ2v) is 3.37. The maximum atomic E-state index is 12.7. The molecule has 1 N–H and O–H groups in total. The second kappa shape index (κ2) is 4.82. The molecule has 0 aliphatic rings. The third kappa shape index (κ3) is 2.93. The lowest BCUT2D eigenvalue weighted by atomic mass is 10.1. The molecule has 0 aliphatic heterocycles. The molecule has 1 heterocycles. The zero-order valence-electron chi connectivity index (χ0n) is 9.11. The van der Waals surface area contributed by atoms with Crippen molar-refractivity contribution in [2.75, 3.05) is 5.32 Å². The van der Waals surface area contributed by atoms with Gasteiger partial charge in [0, 0.05) is 5.69 Å². The summed E-state index contributed by atoms with van der Waals surface area (Å²) in [4.78, 5) is 9.47. The Bertz CT molecular complexity index is 493. The van der Waals surface area contributed by atoms with Crippen molar-refractivity contribution in [3.63, 3.8) is 0 Å². The normalized spacial score (nSPS) is 10.3. The summed E-state index contributed by atoms with van der Waals surface area (Å²) in [5.41, 5.74) is 1.83. The van der Waals surface area contributed by atoms with E-state index in [0.717, 1.165) is 6.42 Å². The van der Waals surface area contributed by atoms with Crippen LogP contribution in [0.2, 0.25) is 0 Å². The van der Waals surface area contributed by atoms with Gasteiger partial charge in [-0.15, -0.1) is 0 Å². The van der Waals surface area contributed by atoms with E-state index in [4.69, 9.17) is 0 Å². The van der Waals surface area contributed by atoms with Gasteiger partial charge in [0.25, 0.3) is 0 Å². The van der Waals surface area contributed by atoms with Crippen molar-refractivity contribution in [3.05, 3.63) is 42.0 Å². The van der Waals surface area contributed by atoms with Crippen LogP contribution in [0.3, 0.4) is 0 Å². The average molecular weight is 236 g/mol. The predicted octanol–water partition coefficient (Wildman–Crippen LogP) is 2.46. The number of halogens is 2. The van der Waals surface area contributed by atoms with Crippen LogP contribution in [0, 0.1) is 12.2 Å². The van der Waals surface area contributed by atoms with Gasteiger partial charge in [0.1, 0.15) is 0 Å². The molecule has 0 amide bonds. The minimum Gasteiger partial charge on any atom is -0.324 e. The van der Waals surface area contributed by atoms with Crippen molar-refractivity contribution in [1.82, 2.24) is 15.0 Å². The van der Waals surface area contributed by atoms with Crippen LogP contribution in [-0.4, -0.2) is 15.0 Å². The highest BCUT2D eigenvalue weighted by Gasteiger charge is 2.05. The van der Waals surface area contributed by atoms with E-state index in [1.807, 2.05) is 19.1 Å². The first-order valence-electron chi connectivity index (χ1n) is 5.10. The monoisotopic (exact) mass is 236 g/mol.